The fourth-order valence-corrected chi connectivity index (χ4v) is 8.84. The van der Waals surface area contributed by atoms with Gasteiger partial charge in [-0.15, -0.1) is 0 Å². The van der Waals surface area contributed by atoms with Crippen LogP contribution in [0.2, 0.25) is 0 Å². The summed E-state index contributed by atoms with van der Waals surface area (Å²) in [6, 6.07) is 0. The smallest absolute Gasteiger partial charge is 0.217 e. The Balaban J connectivity index is 1.76. The summed E-state index contributed by atoms with van der Waals surface area (Å²) in [6.07, 6.45) is 13.2. The van der Waals surface area contributed by atoms with Crippen LogP contribution in [-0.2, 0) is 4.79 Å². The second kappa shape index (κ2) is 9.51. The van der Waals surface area contributed by atoms with Gasteiger partial charge in [-0.2, -0.15) is 0 Å². The Morgan fingerprint density at radius 2 is 1.77 bits per heavy atom. The molecule has 3 aliphatic rings. The van der Waals surface area contributed by atoms with E-state index in [-0.39, 0.29) is 17.9 Å². The van der Waals surface area contributed by atoms with Gasteiger partial charge in [0, 0.05) is 13.0 Å². The van der Waals surface area contributed by atoms with Crippen molar-refractivity contribution in [2.75, 3.05) is 6.61 Å². The second-order valence-corrected chi connectivity index (χ2v) is 12.3. The van der Waals surface area contributed by atoms with Crippen LogP contribution in [0.4, 0.5) is 0 Å². The van der Waals surface area contributed by atoms with Crippen LogP contribution < -0.4 is 5.73 Å². The van der Waals surface area contributed by atoms with Gasteiger partial charge in [-0.05, 0) is 97.2 Å². The lowest BCUT2D eigenvalue weighted by atomic mass is 9.45. The number of carbonyl (C=O) groups is 1. The largest absolute Gasteiger partial charge is 0.396 e. The first kappa shape index (κ1) is 24.1. The molecule has 174 valence electrons. The van der Waals surface area contributed by atoms with Gasteiger partial charge in [-0.25, -0.2) is 0 Å². The molecule has 0 bridgehead atoms. The molecule has 3 rings (SSSR count). The third-order valence-electron chi connectivity index (χ3n) is 10.3. The summed E-state index contributed by atoms with van der Waals surface area (Å²) in [7, 11) is 0. The highest BCUT2D eigenvalue weighted by atomic mass is 16.3. The normalized spacial score (nSPS) is 42.0. The standard InChI is InChI=1S/C27H49NO2/c1-18(2)7-6-8-19(3)22-11-12-23-21-10-9-20(14-16-29)27(5,17-25(28)30)24(21)13-15-26(22,23)4/h18-24,29H,6-17H2,1-5H3,(H2,28,30)/t19-,20+,21?,22?,23?,24?,26-,27+/m1/s1. The van der Waals surface area contributed by atoms with Gasteiger partial charge in [0.25, 0.3) is 0 Å². The summed E-state index contributed by atoms with van der Waals surface area (Å²) in [5.74, 6) is 4.96. The maximum Gasteiger partial charge on any atom is 0.217 e. The fourth-order valence-electron chi connectivity index (χ4n) is 8.84. The molecule has 30 heavy (non-hydrogen) atoms. The summed E-state index contributed by atoms with van der Waals surface area (Å²) in [4.78, 5) is 12.0. The van der Waals surface area contributed by atoms with Crippen molar-refractivity contribution < 1.29 is 9.90 Å². The third kappa shape index (κ3) is 4.48. The van der Waals surface area contributed by atoms with Crippen LogP contribution in [0.5, 0.6) is 0 Å². The van der Waals surface area contributed by atoms with Crippen molar-refractivity contribution >= 4 is 5.91 Å². The van der Waals surface area contributed by atoms with Crippen molar-refractivity contribution in [3.05, 3.63) is 0 Å². The van der Waals surface area contributed by atoms with Gasteiger partial charge in [0.2, 0.25) is 5.91 Å². The van der Waals surface area contributed by atoms with Crippen molar-refractivity contribution in [3.8, 4) is 0 Å². The highest BCUT2D eigenvalue weighted by Crippen LogP contribution is 2.67. The van der Waals surface area contributed by atoms with Crippen molar-refractivity contribution in [2.45, 2.75) is 105 Å². The molecule has 3 saturated carbocycles. The van der Waals surface area contributed by atoms with Crippen molar-refractivity contribution in [1.29, 1.82) is 0 Å². The number of hydrogen-bond donors (Lipinski definition) is 2. The highest BCUT2D eigenvalue weighted by molar-refractivity contribution is 5.74. The summed E-state index contributed by atoms with van der Waals surface area (Å²) in [5, 5.41) is 9.66. The molecule has 0 heterocycles. The van der Waals surface area contributed by atoms with E-state index < -0.39 is 0 Å². The summed E-state index contributed by atoms with van der Waals surface area (Å²) < 4.78 is 0. The lowest BCUT2D eigenvalue weighted by molar-refractivity contribution is -0.133. The average Bonchev–Trinajstić information content (AvgIpc) is 3.00. The molecule has 3 aliphatic carbocycles. The number of aliphatic hydroxyl groups is 1. The molecule has 3 N–H and O–H groups in total. The SMILES string of the molecule is CC(C)CCC[C@@H](C)C1CCC2C3CC[C@@H](CCO)[C@](C)(CC(N)=O)C3CC[C@@]21C. The third-order valence-corrected chi connectivity index (χ3v) is 10.3. The number of nitrogens with two attached hydrogens (primary N) is 1. The van der Waals surface area contributed by atoms with E-state index in [0.29, 0.717) is 23.7 Å². The Hall–Kier alpha value is -0.570. The molecule has 3 fully saturated rings. The topological polar surface area (TPSA) is 63.3 Å². The van der Waals surface area contributed by atoms with Crippen molar-refractivity contribution in [3.63, 3.8) is 0 Å². The van der Waals surface area contributed by atoms with E-state index in [1.54, 1.807) is 0 Å². The molecule has 0 spiro atoms. The molecule has 0 aromatic rings. The van der Waals surface area contributed by atoms with E-state index >= 15 is 0 Å². The average molecular weight is 420 g/mol. The van der Waals surface area contributed by atoms with Crippen LogP contribution in [0.25, 0.3) is 0 Å². The fraction of sp³-hybridized carbons (Fsp3) is 0.963. The first-order chi connectivity index (χ1) is 14.1. The number of fused-ring (bicyclic) bond motifs is 3. The van der Waals surface area contributed by atoms with E-state index in [1.165, 1.54) is 51.4 Å². The zero-order valence-electron chi connectivity index (χ0n) is 20.5. The molecule has 8 atom stereocenters. The molecular formula is C27H49NO2. The molecule has 4 unspecified atom stereocenters. The minimum Gasteiger partial charge on any atom is -0.396 e. The first-order valence-electron chi connectivity index (χ1n) is 13.0. The van der Waals surface area contributed by atoms with E-state index in [4.69, 9.17) is 5.73 Å². The van der Waals surface area contributed by atoms with Gasteiger partial charge in [0.05, 0.1) is 0 Å². The predicted octanol–water partition coefficient (Wildman–Crippen LogP) is 6.18. The maximum atomic E-state index is 12.0. The quantitative estimate of drug-likeness (QED) is 0.468. The number of carbonyl (C=O) groups excluding carboxylic acids is 1. The van der Waals surface area contributed by atoms with Crippen molar-refractivity contribution in [1.82, 2.24) is 0 Å². The summed E-state index contributed by atoms with van der Waals surface area (Å²) >= 11 is 0. The number of primary amides is 1. The van der Waals surface area contributed by atoms with Gasteiger partial charge < -0.3 is 10.8 Å². The minimum atomic E-state index is -0.155. The van der Waals surface area contributed by atoms with E-state index in [0.717, 1.165) is 42.4 Å². The van der Waals surface area contributed by atoms with Gasteiger partial charge in [0.1, 0.15) is 0 Å². The van der Waals surface area contributed by atoms with E-state index in [2.05, 4.69) is 34.6 Å². The number of aliphatic hydroxyl groups excluding tert-OH is 1. The molecule has 1 amide bonds. The highest BCUT2D eigenvalue weighted by Gasteiger charge is 2.60. The van der Waals surface area contributed by atoms with Crippen LogP contribution >= 0.6 is 0 Å². The lowest BCUT2D eigenvalue weighted by Crippen LogP contribution is -2.53. The van der Waals surface area contributed by atoms with Crippen LogP contribution in [0.15, 0.2) is 0 Å². The Morgan fingerprint density at radius 3 is 2.40 bits per heavy atom. The first-order valence-corrected chi connectivity index (χ1v) is 13.0. The van der Waals surface area contributed by atoms with Gasteiger partial charge in [-0.1, -0.05) is 53.9 Å². The minimum absolute atomic E-state index is 0.0280. The predicted molar refractivity (Wildman–Crippen MR) is 125 cm³/mol. The number of hydrogen-bond acceptors (Lipinski definition) is 2. The molecule has 0 radical (unpaired) electrons. The second-order valence-electron chi connectivity index (χ2n) is 12.3. The Kier molecular flexibility index (Phi) is 7.63. The number of rotatable bonds is 9. The molecule has 0 saturated heterocycles. The van der Waals surface area contributed by atoms with Crippen LogP contribution in [0, 0.1) is 52.3 Å². The Morgan fingerprint density at radius 1 is 1.03 bits per heavy atom. The Bertz CT molecular complexity index is 589. The summed E-state index contributed by atoms with van der Waals surface area (Å²) in [5.41, 5.74) is 6.20. The van der Waals surface area contributed by atoms with Crippen molar-refractivity contribution in [2.24, 2.45) is 58.0 Å². The monoisotopic (exact) mass is 419 g/mol. The zero-order valence-corrected chi connectivity index (χ0v) is 20.5. The maximum absolute atomic E-state index is 12.0. The molecular weight excluding hydrogens is 370 g/mol. The molecule has 3 nitrogen and oxygen atoms in total. The van der Waals surface area contributed by atoms with E-state index in [9.17, 15) is 9.90 Å². The van der Waals surface area contributed by atoms with Gasteiger partial charge in [-0.3, -0.25) is 4.79 Å². The molecule has 0 aromatic carbocycles. The van der Waals surface area contributed by atoms with Crippen LogP contribution in [-0.4, -0.2) is 17.6 Å². The van der Waals surface area contributed by atoms with E-state index in [1.807, 2.05) is 0 Å². The van der Waals surface area contributed by atoms with Crippen LogP contribution in [0.1, 0.15) is 105 Å². The van der Waals surface area contributed by atoms with Crippen LogP contribution in [0.3, 0.4) is 0 Å². The molecule has 0 aliphatic heterocycles. The summed E-state index contributed by atoms with van der Waals surface area (Å²) in [6.45, 7) is 12.4. The molecule has 3 heteroatoms. The molecule has 0 aromatic heterocycles. The zero-order chi connectivity index (χ0) is 22.1. The van der Waals surface area contributed by atoms with Gasteiger partial charge in [0.15, 0.2) is 0 Å². The number of amides is 1. The van der Waals surface area contributed by atoms with Gasteiger partial charge >= 0.3 is 0 Å². The lowest BCUT2D eigenvalue weighted by Gasteiger charge is -2.59. The Labute approximate surface area is 186 Å².